The maximum Gasteiger partial charge on any atom is 0.258 e. The van der Waals surface area contributed by atoms with E-state index in [1.54, 1.807) is 24.3 Å². The summed E-state index contributed by atoms with van der Waals surface area (Å²) in [4.78, 5) is 48.7. The first-order valence-corrected chi connectivity index (χ1v) is 16.0. The van der Waals surface area contributed by atoms with Crippen molar-refractivity contribution in [2.45, 2.75) is 25.3 Å². The Kier molecular flexibility index (Phi) is 9.45. The lowest BCUT2D eigenvalue weighted by atomic mass is 9.99. The summed E-state index contributed by atoms with van der Waals surface area (Å²) in [6.07, 6.45) is 2.72. The molecule has 8 heteroatoms. The van der Waals surface area contributed by atoms with E-state index < -0.39 is 0 Å². The van der Waals surface area contributed by atoms with Crippen LogP contribution in [0, 0.1) is 0 Å². The molecule has 1 saturated heterocycles. The van der Waals surface area contributed by atoms with E-state index in [2.05, 4.69) is 29.2 Å². The molecule has 1 N–H and O–H groups in total. The van der Waals surface area contributed by atoms with Crippen molar-refractivity contribution in [2.24, 2.45) is 0 Å². The Labute approximate surface area is 271 Å². The van der Waals surface area contributed by atoms with Gasteiger partial charge in [0.05, 0.1) is 17.9 Å². The van der Waals surface area contributed by atoms with Crippen molar-refractivity contribution < 1.29 is 14.4 Å². The molecule has 6 rings (SSSR count). The molecule has 2 aliphatic heterocycles. The summed E-state index contributed by atoms with van der Waals surface area (Å²) in [5.41, 5.74) is 5.25. The molecule has 0 spiro atoms. The van der Waals surface area contributed by atoms with Gasteiger partial charge in [0.25, 0.3) is 11.8 Å². The van der Waals surface area contributed by atoms with Crippen LogP contribution in [0.25, 0.3) is 11.1 Å². The number of amides is 3. The van der Waals surface area contributed by atoms with Gasteiger partial charge in [-0.15, -0.1) is 0 Å². The van der Waals surface area contributed by atoms with Gasteiger partial charge in [-0.3, -0.25) is 14.4 Å². The molecule has 0 saturated carbocycles. The molecule has 236 valence electrons. The molecule has 0 aliphatic carbocycles. The zero-order chi connectivity index (χ0) is 32.0. The fraction of sp³-hybridized carbons (Fsp3) is 0.289. The van der Waals surface area contributed by atoms with Crippen LogP contribution in [-0.4, -0.2) is 80.4 Å². The Morgan fingerprint density at radius 1 is 0.739 bits per heavy atom. The molecule has 0 radical (unpaired) electrons. The van der Waals surface area contributed by atoms with Gasteiger partial charge >= 0.3 is 0 Å². The highest BCUT2D eigenvalue weighted by Crippen LogP contribution is 2.33. The Morgan fingerprint density at radius 3 is 2.11 bits per heavy atom. The number of rotatable bonds is 7. The molecule has 46 heavy (non-hydrogen) atoms. The van der Waals surface area contributed by atoms with Crippen molar-refractivity contribution in [1.29, 1.82) is 0 Å². The number of fused-ring (bicyclic) bond motifs is 1. The first-order valence-electron chi connectivity index (χ1n) is 16.0. The third-order valence-electron chi connectivity index (χ3n) is 9.09. The van der Waals surface area contributed by atoms with Crippen molar-refractivity contribution in [1.82, 2.24) is 9.80 Å². The molecule has 4 aromatic carbocycles. The topological polar surface area (TPSA) is 76.2 Å². The maximum absolute atomic E-state index is 13.9. The first-order chi connectivity index (χ1) is 22.4. The molecule has 1 fully saturated rings. The van der Waals surface area contributed by atoms with E-state index in [-0.39, 0.29) is 17.7 Å². The van der Waals surface area contributed by atoms with Gasteiger partial charge in [-0.05, 0) is 86.9 Å². The molecule has 8 nitrogen and oxygen atoms in total. The van der Waals surface area contributed by atoms with Crippen LogP contribution in [0.4, 0.5) is 17.1 Å². The molecule has 0 aromatic heterocycles. The highest BCUT2D eigenvalue weighted by atomic mass is 16.2. The molecule has 0 bridgehead atoms. The van der Waals surface area contributed by atoms with Crippen LogP contribution in [0.15, 0.2) is 103 Å². The van der Waals surface area contributed by atoms with Crippen molar-refractivity contribution in [3.63, 3.8) is 0 Å². The number of piperidine rings is 1. The second-order valence-electron chi connectivity index (χ2n) is 12.2. The largest absolute Gasteiger partial charge is 0.360 e. The van der Waals surface area contributed by atoms with E-state index >= 15 is 0 Å². The van der Waals surface area contributed by atoms with Gasteiger partial charge in [0.1, 0.15) is 0 Å². The zero-order valence-electron chi connectivity index (χ0n) is 26.6. The number of hydrogen-bond donors (Lipinski definition) is 1. The van der Waals surface area contributed by atoms with Gasteiger partial charge in [0, 0.05) is 49.0 Å². The number of anilines is 3. The fourth-order valence-corrected chi connectivity index (χ4v) is 6.49. The summed E-state index contributed by atoms with van der Waals surface area (Å²) in [5.74, 6) is -0.189. The van der Waals surface area contributed by atoms with Gasteiger partial charge in [0.15, 0.2) is 0 Å². The summed E-state index contributed by atoms with van der Waals surface area (Å²) in [6, 6.07) is 32.8. The van der Waals surface area contributed by atoms with Crippen molar-refractivity contribution >= 4 is 34.8 Å². The molecular weight excluding hydrogens is 574 g/mol. The van der Waals surface area contributed by atoms with Crippen LogP contribution in [0.5, 0.6) is 0 Å². The van der Waals surface area contributed by atoms with E-state index in [1.807, 2.05) is 88.7 Å². The SMILES string of the molecule is CN(C)C1CCN(C(=O)CN2CCCN(C(=O)c3ccc(NC(=O)c4ccccc4-c4ccccc4)cc3)c3ccccc32)CC1. The van der Waals surface area contributed by atoms with Gasteiger partial charge in [-0.1, -0.05) is 60.7 Å². The van der Waals surface area contributed by atoms with Crippen molar-refractivity contribution in [2.75, 3.05) is 61.9 Å². The van der Waals surface area contributed by atoms with Crippen LogP contribution < -0.4 is 15.1 Å². The quantitative estimate of drug-likeness (QED) is 0.276. The van der Waals surface area contributed by atoms with E-state index in [4.69, 9.17) is 0 Å². The minimum Gasteiger partial charge on any atom is -0.360 e. The number of nitrogens with one attached hydrogen (secondary N) is 1. The second kappa shape index (κ2) is 14.0. The van der Waals surface area contributed by atoms with Crippen molar-refractivity contribution in [3.8, 4) is 11.1 Å². The maximum atomic E-state index is 13.9. The Bertz CT molecular complexity index is 1680. The predicted molar refractivity (Wildman–Crippen MR) is 185 cm³/mol. The third-order valence-corrected chi connectivity index (χ3v) is 9.09. The highest BCUT2D eigenvalue weighted by molar-refractivity contribution is 6.10. The van der Waals surface area contributed by atoms with Crippen LogP contribution in [-0.2, 0) is 4.79 Å². The minimum atomic E-state index is -0.211. The lowest BCUT2D eigenvalue weighted by molar-refractivity contribution is -0.131. The van der Waals surface area contributed by atoms with Crippen molar-refractivity contribution in [3.05, 3.63) is 114 Å². The molecule has 2 aliphatic rings. The molecule has 0 unspecified atom stereocenters. The Balaban J connectivity index is 1.14. The summed E-state index contributed by atoms with van der Waals surface area (Å²) < 4.78 is 0. The number of nitrogens with zero attached hydrogens (tertiary/aromatic N) is 4. The van der Waals surface area contributed by atoms with Crippen LogP contribution in [0.1, 0.15) is 40.0 Å². The van der Waals surface area contributed by atoms with E-state index in [9.17, 15) is 14.4 Å². The lowest BCUT2D eigenvalue weighted by Crippen LogP contribution is -2.47. The molecule has 0 atom stereocenters. The van der Waals surface area contributed by atoms with E-state index in [1.165, 1.54) is 0 Å². The van der Waals surface area contributed by atoms with Gasteiger partial charge in [-0.2, -0.15) is 0 Å². The first kappa shape index (κ1) is 31.0. The molecule has 3 amide bonds. The van der Waals surface area contributed by atoms with Crippen LogP contribution in [0.2, 0.25) is 0 Å². The zero-order valence-corrected chi connectivity index (χ0v) is 26.6. The molecule has 2 heterocycles. The normalized spacial score (nSPS) is 15.3. The number of para-hydroxylation sites is 2. The average molecular weight is 616 g/mol. The number of hydrogen-bond acceptors (Lipinski definition) is 5. The average Bonchev–Trinajstić information content (AvgIpc) is 3.28. The molecular formula is C38H41N5O3. The fourth-order valence-electron chi connectivity index (χ4n) is 6.49. The van der Waals surface area contributed by atoms with E-state index in [0.29, 0.717) is 42.5 Å². The number of benzene rings is 4. The van der Waals surface area contributed by atoms with Gasteiger partial charge < -0.3 is 24.9 Å². The monoisotopic (exact) mass is 615 g/mol. The summed E-state index contributed by atoms with van der Waals surface area (Å²) in [5, 5.41) is 2.99. The van der Waals surface area contributed by atoms with Gasteiger partial charge in [-0.25, -0.2) is 0 Å². The summed E-state index contributed by atoms with van der Waals surface area (Å²) >= 11 is 0. The molecule has 4 aromatic rings. The third kappa shape index (κ3) is 6.82. The number of likely N-dealkylation sites (tertiary alicyclic amines) is 1. The number of carbonyl (C=O) groups excluding carboxylic acids is 3. The number of carbonyl (C=O) groups is 3. The van der Waals surface area contributed by atoms with Crippen LogP contribution in [0.3, 0.4) is 0 Å². The lowest BCUT2D eigenvalue weighted by Gasteiger charge is -2.36. The second-order valence-corrected chi connectivity index (χ2v) is 12.2. The Hall–Kier alpha value is -4.95. The summed E-state index contributed by atoms with van der Waals surface area (Å²) in [7, 11) is 4.20. The van der Waals surface area contributed by atoms with E-state index in [0.717, 1.165) is 54.9 Å². The minimum absolute atomic E-state index is 0.112. The Morgan fingerprint density at radius 2 is 1.39 bits per heavy atom. The smallest absolute Gasteiger partial charge is 0.258 e. The predicted octanol–water partition coefficient (Wildman–Crippen LogP) is 6.02. The van der Waals surface area contributed by atoms with Gasteiger partial charge in [0.2, 0.25) is 5.91 Å². The standard InChI is InChI=1S/C38H41N5O3/c1-40(2)31-21-25-41(26-22-31)36(44)27-42-23-10-24-43(35-16-9-8-15-34(35)42)38(46)29-17-19-30(20-18-29)39-37(45)33-14-7-6-13-32(33)28-11-4-3-5-12-28/h3-9,11-20,31H,10,21-27H2,1-2H3,(H,39,45). The van der Waals surface area contributed by atoms with Crippen LogP contribution >= 0.6 is 0 Å². The summed E-state index contributed by atoms with van der Waals surface area (Å²) in [6.45, 7) is 3.09. The highest BCUT2D eigenvalue weighted by Gasteiger charge is 2.29.